The minimum Gasteiger partial charge on any atom is -0.373 e. The lowest BCUT2D eigenvalue weighted by molar-refractivity contribution is 0.0243. The van der Waals surface area contributed by atoms with Crippen molar-refractivity contribution in [2.75, 3.05) is 38.2 Å². The SMILES string of the molecule is CCNC(=NCC1(CS(C)(=O)=O)CC1)NCC1(C)CCCO1. The van der Waals surface area contributed by atoms with Crippen molar-refractivity contribution in [3.8, 4) is 0 Å². The topological polar surface area (TPSA) is 79.8 Å². The molecule has 6 nitrogen and oxygen atoms in total. The summed E-state index contributed by atoms with van der Waals surface area (Å²) in [5.74, 6) is 0.989. The van der Waals surface area contributed by atoms with Crippen LogP contribution in [0.5, 0.6) is 0 Å². The maximum absolute atomic E-state index is 11.5. The molecule has 0 spiro atoms. The number of hydrogen-bond acceptors (Lipinski definition) is 4. The summed E-state index contributed by atoms with van der Waals surface area (Å²) < 4.78 is 28.8. The van der Waals surface area contributed by atoms with Gasteiger partial charge in [-0.3, -0.25) is 4.99 Å². The van der Waals surface area contributed by atoms with E-state index in [-0.39, 0.29) is 16.8 Å². The highest BCUT2D eigenvalue weighted by Gasteiger charge is 2.45. The number of guanidine groups is 1. The van der Waals surface area contributed by atoms with Gasteiger partial charge in [0.25, 0.3) is 0 Å². The minimum absolute atomic E-state index is 0.125. The van der Waals surface area contributed by atoms with Gasteiger partial charge in [-0.1, -0.05) is 0 Å². The van der Waals surface area contributed by atoms with E-state index >= 15 is 0 Å². The van der Waals surface area contributed by atoms with Gasteiger partial charge in [0.15, 0.2) is 5.96 Å². The third-order valence-electron chi connectivity index (χ3n) is 4.37. The zero-order chi connectivity index (χ0) is 16.3. The van der Waals surface area contributed by atoms with Crippen molar-refractivity contribution in [1.82, 2.24) is 10.6 Å². The van der Waals surface area contributed by atoms with E-state index in [1.54, 1.807) is 0 Å². The minimum atomic E-state index is -2.94. The van der Waals surface area contributed by atoms with Gasteiger partial charge in [-0.05, 0) is 39.5 Å². The van der Waals surface area contributed by atoms with E-state index < -0.39 is 9.84 Å². The molecule has 22 heavy (non-hydrogen) atoms. The number of nitrogens with one attached hydrogen (secondary N) is 2. The Bertz CT molecular complexity index is 506. The molecule has 1 atom stereocenters. The summed E-state index contributed by atoms with van der Waals surface area (Å²) in [5.41, 5.74) is -0.260. The van der Waals surface area contributed by atoms with Crippen LogP contribution in [0.15, 0.2) is 4.99 Å². The quantitative estimate of drug-likeness (QED) is 0.536. The van der Waals surface area contributed by atoms with Crippen molar-refractivity contribution < 1.29 is 13.2 Å². The van der Waals surface area contributed by atoms with Crippen LogP contribution in [0.25, 0.3) is 0 Å². The van der Waals surface area contributed by atoms with Crippen molar-refractivity contribution in [3.63, 3.8) is 0 Å². The number of ether oxygens (including phenoxy) is 1. The van der Waals surface area contributed by atoms with E-state index in [0.29, 0.717) is 6.54 Å². The van der Waals surface area contributed by atoms with E-state index in [0.717, 1.165) is 51.3 Å². The third kappa shape index (κ3) is 5.43. The lowest BCUT2D eigenvalue weighted by Crippen LogP contribution is -2.45. The molecule has 2 rings (SSSR count). The van der Waals surface area contributed by atoms with Gasteiger partial charge in [-0.25, -0.2) is 8.42 Å². The van der Waals surface area contributed by atoms with Crippen LogP contribution in [0.2, 0.25) is 0 Å². The summed E-state index contributed by atoms with van der Waals surface area (Å²) in [6.07, 6.45) is 5.35. The third-order valence-corrected chi connectivity index (χ3v) is 5.51. The van der Waals surface area contributed by atoms with E-state index in [9.17, 15) is 8.42 Å². The maximum atomic E-state index is 11.5. The standard InChI is InChI=1S/C15H29N3O3S/c1-4-16-13(17-10-14(2)6-5-9-21-14)18-11-15(7-8-15)12-22(3,19)20/h4-12H2,1-3H3,(H2,16,17,18). The van der Waals surface area contributed by atoms with Crippen molar-refractivity contribution in [1.29, 1.82) is 0 Å². The van der Waals surface area contributed by atoms with Gasteiger partial charge in [-0.2, -0.15) is 0 Å². The Morgan fingerprint density at radius 3 is 2.50 bits per heavy atom. The zero-order valence-corrected chi connectivity index (χ0v) is 14.8. The van der Waals surface area contributed by atoms with Gasteiger partial charge in [0, 0.05) is 37.9 Å². The van der Waals surface area contributed by atoms with E-state index in [1.807, 2.05) is 6.92 Å². The number of rotatable bonds is 7. The molecule has 2 fully saturated rings. The molecule has 1 heterocycles. The van der Waals surface area contributed by atoms with Gasteiger partial charge in [0.2, 0.25) is 0 Å². The summed E-state index contributed by atoms with van der Waals surface area (Å²) in [4.78, 5) is 4.60. The highest BCUT2D eigenvalue weighted by atomic mass is 32.2. The Morgan fingerprint density at radius 2 is 2.00 bits per heavy atom. The molecule has 0 bridgehead atoms. The monoisotopic (exact) mass is 331 g/mol. The fraction of sp³-hybridized carbons (Fsp3) is 0.933. The molecule has 128 valence electrons. The molecule has 2 N–H and O–H groups in total. The fourth-order valence-corrected chi connectivity index (χ4v) is 4.41. The molecule has 1 saturated heterocycles. The molecule has 0 aromatic carbocycles. The Morgan fingerprint density at radius 1 is 1.27 bits per heavy atom. The Kier molecular flexibility index (Phi) is 5.37. The number of nitrogens with zero attached hydrogens (tertiary/aromatic N) is 1. The second kappa shape index (κ2) is 6.74. The summed E-state index contributed by atoms with van der Waals surface area (Å²) in [7, 11) is -2.94. The fourth-order valence-electron chi connectivity index (χ4n) is 2.92. The second-order valence-electron chi connectivity index (χ2n) is 7.02. The van der Waals surface area contributed by atoms with Crippen LogP contribution in [0, 0.1) is 5.41 Å². The molecule has 0 amide bonds. The van der Waals surface area contributed by atoms with Crippen LogP contribution < -0.4 is 10.6 Å². The molecule has 2 aliphatic rings. The normalized spacial score (nSPS) is 27.7. The van der Waals surface area contributed by atoms with E-state index in [2.05, 4.69) is 22.5 Å². The second-order valence-corrected chi connectivity index (χ2v) is 9.16. The zero-order valence-electron chi connectivity index (χ0n) is 13.9. The molecular formula is C15H29N3O3S. The molecule has 7 heteroatoms. The summed E-state index contributed by atoms with van der Waals surface area (Å²) in [5, 5.41) is 6.55. The van der Waals surface area contributed by atoms with Crippen LogP contribution in [-0.2, 0) is 14.6 Å². The van der Waals surface area contributed by atoms with Gasteiger partial charge in [0.05, 0.1) is 11.4 Å². The lowest BCUT2D eigenvalue weighted by Gasteiger charge is -2.25. The van der Waals surface area contributed by atoms with Crippen LogP contribution in [0.1, 0.15) is 39.5 Å². The first-order chi connectivity index (χ1) is 10.3. The van der Waals surface area contributed by atoms with Gasteiger partial charge in [0.1, 0.15) is 9.84 Å². The average Bonchev–Trinajstić information content (AvgIpc) is 3.02. The van der Waals surface area contributed by atoms with Crippen LogP contribution in [0.3, 0.4) is 0 Å². The summed E-state index contributed by atoms with van der Waals surface area (Å²) in [6, 6.07) is 0. The van der Waals surface area contributed by atoms with Crippen molar-refractivity contribution in [2.45, 2.75) is 45.1 Å². The van der Waals surface area contributed by atoms with Crippen LogP contribution >= 0.6 is 0 Å². The predicted molar refractivity (Wildman–Crippen MR) is 89.0 cm³/mol. The van der Waals surface area contributed by atoms with Crippen LogP contribution in [-0.4, -0.2) is 58.2 Å². The maximum Gasteiger partial charge on any atom is 0.191 e. The molecule has 0 aromatic rings. The van der Waals surface area contributed by atoms with Gasteiger partial charge >= 0.3 is 0 Å². The first-order valence-corrected chi connectivity index (χ1v) is 10.2. The Labute approximate surface area is 134 Å². The molecule has 1 aliphatic carbocycles. The van der Waals surface area contributed by atoms with Crippen molar-refractivity contribution >= 4 is 15.8 Å². The average molecular weight is 331 g/mol. The summed E-state index contributed by atoms with van der Waals surface area (Å²) >= 11 is 0. The summed E-state index contributed by atoms with van der Waals surface area (Å²) in [6.45, 7) is 7.02. The molecule has 1 unspecified atom stereocenters. The van der Waals surface area contributed by atoms with E-state index in [4.69, 9.17) is 4.74 Å². The highest BCUT2D eigenvalue weighted by molar-refractivity contribution is 7.90. The lowest BCUT2D eigenvalue weighted by atomic mass is 10.0. The molecule has 1 aliphatic heterocycles. The largest absolute Gasteiger partial charge is 0.373 e. The molecular weight excluding hydrogens is 302 g/mol. The van der Waals surface area contributed by atoms with Crippen LogP contribution in [0.4, 0.5) is 0 Å². The molecule has 1 saturated carbocycles. The van der Waals surface area contributed by atoms with Gasteiger partial charge < -0.3 is 15.4 Å². The first-order valence-electron chi connectivity index (χ1n) is 8.10. The smallest absolute Gasteiger partial charge is 0.191 e. The Hall–Kier alpha value is -0.820. The van der Waals surface area contributed by atoms with Crippen molar-refractivity contribution in [2.24, 2.45) is 10.4 Å². The number of sulfone groups is 1. The molecule has 0 radical (unpaired) electrons. The Balaban J connectivity index is 1.90. The predicted octanol–water partition coefficient (Wildman–Crippen LogP) is 0.935. The number of aliphatic imine (C=N–C) groups is 1. The first kappa shape index (κ1) is 17.5. The number of hydrogen-bond donors (Lipinski definition) is 2. The van der Waals surface area contributed by atoms with Gasteiger partial charge in [-0.15, -0.1) is 0 Å². The van der Waals surface area contributed by atoms with E-state index in [1.165, 1.54) is 6.26 Å². The highest BCUT2D eigenvalue weighted by Crippen LogP contribution is 2.46. The molecule has 0 aromatic heterocycles. The van der Waals surface area contributed by atoms with Crippen molar-refractivity contribution in [3.05, 3.63) is 0 Å².